The minimum absolute atomic E-state index is 0.0324. The Bertz CT molecular complexity index is 1970. The number of benzene rings is 2. The fraction of sp³-hybridized carbons (Fsp3) is 0.312. The summed E-state index contributed by atoms with van der Waals surface area (Å²) >= 11 is 12.6. The van der Waals surface area contributed by atoms with Gasteiger partial charge in [0.05, 0.1) is 18.4 Å². The summed E-state index contributed by atoms with van der Waals surface area (Å²) in [6.45, 7) is 3.00. The van der Waals surface area contributed by atoms with Gasteiger partial charge in [0.1, 0.15) is 24.5 Å². The van der Waals surface area contributed by atoms with Gasteiger partial charge in [-0.3, -0.25) is 19.0 Å². The second kappa shape index (κ2) is 13.3. The van der Waals surface area contributed by atoms with Crippen molar-refractivity contribution >= 4 is 62.6 Å². The fourth-order valence-electron chi connectivity index (χ4n) is 6.17. The number of imidazole rings is 1. The minimum atomic E-state index is -4.37. The molecule has 6 rings (SSSR count). The van der Waals surface area contributed by atoms with Gasteiger partial charge in [0.15, 0.2) is 5.03 Å². The lowest BCUT2D eigenvalue weighted by Gasteiger charge is -2.29. The molecular formula is C32H31Cl2N7O6S. The van der Waals surface area contributed by atoms with E-state index in [1.165, 1.54) is 35.0 Å². The van der Waals surface area contributed by atoms with Gasteiger partial charge >= 0.3 is 5.97 Å². The van der Waals surface area contributed by atoms with E-state index in [-0.39, 0.29) is 47.1 Å². The highest BCUT2D eigenvalue weighted by atomic mass is 35.5. The number of ether oxygens (including phenoxy) is 1. The average molecular weight is 713 g/mol. The summed E-state index contributed by atoms with van der Waals surface area (Å²) in [7, 11) is -4.37. The first-order valence-corrected chi connectivity index (χ1v) is 17.3. The first kappa shape index (κ1) is 33.5. The van der Waals surface area contributed by atoms with Gasteiger partial charge in [-0.2, -0.15) is 4.31 Å². The lowest BCUT2D eigenvalue weighted by atomic mass is 9.91. The summed E-state index contributed by atoms with van der Waals surface area (Å²) in [5.41, 5.74) is 1.30. The number of esters is 1. The Hall–Kier alpha value is -4.37. The molecule has 4 heterocycles. The quantitative estimate of drug-likeness (QED) is 0.189. The SMILES string of the molecule is CC(=O)OCCNC(=O)[C@@H]1CCCN1S(=O)(=O)c1cnc2n1[C@](C)(Cc1ccc(-c3cncnc3)cc1)C(=O)N2c1cc(Cl)cc(Cl)c1. The van der Waals surface area contributed by atoms with Crippen molar-refractivity contribution in [3.05, 3.63) is 83.0 Å². The standard InChI is InChI=1S/C32H31Cl2N7O6S/c1-20(42)47-11-9-37-29(43)27-4-3-10-39(27)48(45,46)28-18-38-31-40(26-13-24(33)12-25(34)14-26)30(44)32(2,41(28)31)15-21-5-7-22(8-6-21)23-16-35-19-36-17-23/h5-8,12-14,16-19,27H,3-4,9-11,15H2,1-2H3,(H,37,43)/t27-,32+/m0/s1. The van der Waals surface area contributed by atoms with Crippen LogP contribution in [0.4, 0.5) is 11.6 Å². The predicted molar refractivity (Wildman–Crippen MR) is 177 cm³/mol. The summed E-state index contributed by atoms with van der Waals surface area (Å²) < 4.78 is 36.3. The van der Waals surface area contributed by atoms with E-state index in [1.54, 1.807) is 31.5 Å². The number of carbonyl (C=O) groups is 3. The maximum absolute atomic E-state index is 14.5. The Morgan fingerprint density at radius 1 is 1.04 bits per heavy atom. The van der Waals surface area contributed by atoms with E-state index in [1.807, 2.05) is 24.3 Å². The summed E-state index contributed by atoms with van der Waals surface area (Å²) in [6, 6.07) is 11.1. The average Bonchev–Trinajstić information content (AvgIpc) is 3.77. The maximum atomic E-state index is 14.5. The van der Waals surface area contributed by atoms with Crippen molar-refractivity contribution in [2.45, 2.75) is 49.7 Å². The Kier molecular flexibility index (Phi) is 9.27. The molecular weight excluding hydrogens is 681 g/mol. The van der Waals surface area contributed by atoms with Crippen LogP contribution in [0.2, 0.25) is 10.0 Å². The van der Waals surface area contributed by atoms with Gasteiger partial charge in [0.2, 0.25) is 11.9 Å². The van der Waals surface area contributed by atoms with Crippen molar-refractivity contribution in [1.29, 1.82) is 0 Å². The molecule has 1 saturated heterocycles. The lowest BCUT2D eigenvalue weighted by Crippen LogP contribution is -2.48. The minimum Gasteiger partial charge on any atom is -0.464 e. The number of nitrogens with one attached hydrogen (secondary N) is 1. The van der Waals surface area contributed by atoms with Gasteiger partial charge in [-0.1, -0.05) is 47.5 Å². The van der Waals surface area contributed by atoms with Crippen LogP contribution in [0.15, 0.2) is 72.4 Å². The molecule has 16 heteroatoms. The van der Waals surface area contributed by atoms with E-state index in [9.17, 15) is 22.8 Å². The van der Waals surface area contributed by atoms with Crippen molar-refractivity contribution in [2.75, 3.05) is 24.6 Å². The molecule has 2 aromatic heterocycles. The molecule has 0 bridgehead atoms. The largest absolute Gasteiger partial charge is 0.464 e. The third-order valence-electron chi connectivity index (χ3n) is 8.36. The summed E-state index contributed by atoms with van der Waals surface area (Å²) in [6.07, 6.45) is 6.89. The van der Waals surface area contributed by atoms with Crippen LogP contribution in [0.5, 0.6) is 0 Å². The van der Waals surface area contributed by atoms with Crippen LogP contribution in [0, 0.1) is 0 Å². The highest BCUT2D eigenvalue weighted by molar-refractivity contribution is 7.89. The molecule has 1 N–H and O–H groups in total. The molecule has 2 amide bonds. The number of amides is 2. The van der Waals surface area contributed by atoms with Crippen molar-refractivity contribution in [2.24, 2.45) is 0 Å². The van der Waals surface area contributed by atoms with Crippen LogP contribution in [-0.4, -0.2) is 75.8 Å². The van der Waals surface area contributed by atoms with E-state index in [2.05, 4.69) is 20.3 Å². The smallest absolute Gasteiger partial charge is 0.302 e. The highest BCUT2D eigenvalue weighted by Crippen LogP contribution is 2.45. The molecule has 250 valence electrons. The van der Waals surface area contributed by atoms with Gasteiger partial charge in [-0.15, -0.1) is 0 Å². The zero-order valence-corrected chi connectivity index (χ0v) is 28.3. The Balaban J connectivity index is 1.38. The molecule has 0 saturated carbocycles. The van der Waals surface area contributed by atoms with Crippen LogP contribution in [0.3, 0.4) is 0 Å². The highest BCUT2D eigenvalue weighted by Gasteiger charge is 2.53. The number of sulfonamides is 1. The van der Waals surface area contributed by atoms with E-state index in [0.29, 0.717) is 18.5 Å². The topological polar surface area (TPSA) is 157 Å². The zero-order valence-electron chi connectivity index (χ0n) is 26.0. The van der Waals surface area contributed by atoms with Gasteiger partial charge in [0, 0.05) is 47.9 Å². The Morgan fingerprint density at radius 2 is 1.73 bits per heavy atom. The van der Waals surface area contributed by atoms with Crippen LogP contribution >= 0.6 is 23.2 Å². The van der Waals surface area contributed by atoms with Crippen molar-refractivity contribution in [3.63, 3.8) is 0 Å². The number of aromatic nitrogens is 4. The number of nitrogens with zero attached hydrogens (tertiary/aromatic N) is 6. The first-order valence-electron chi connectivity index (χ1n) is 15.1. The first-order chi connectivity index (χ1) is 22.9. The number of anilines is 2. The molecule has 0 unspecified atom stereocenters. The summed E-state index contributed by atoms with van der Waals surface area (Å²) in [5, 5.41) is 2.98. The fourth-order valence-corrected chi connectivity index (χ4v) is 8.53. The predicted octanol–water partition coefficient (Wildman–Crippen LogP) is 4.12. The number of fused-ring (bicyclic) bond motifs is 1. The zero-order chi connectivity index (χ0) is 34.2. The normalized spacial score (nSPS) is 19.4. The summed E-state index contributed by atoms with van der Waals surface area (Å²) in [4.78, 5) is 52.6. The molecule has 2 aliphatic rings. The van der Waals surface area contributed by atoms with E-state index < -0.39 is 39.4 Å². The molecule has 48 heavy (non-hydrogen) atoms. The van der Waals surface area contributed by atoms with Gasteiger partial charge in [0.25, 0.3) is 15.9 Å². The number of rotatable bonds is 10. The van der Waals surface area contributed by atoms with Gasteiger partial charge in [-0.05, 0) is 49.1 Å². The molecule has 0 radical (unpaired) electrons. The van der Waals surface area contributed by atoms with Crippen molar-refractivity contribution in [3.8, 4) is 11.1 Å². The second-order valence-electron chi connectivity index (χ2n) is 11.7. The number of hydrogen-bond acceptors (Lipinski definition) is 9. The molecule has 4 aromatic rings. The monoisotopic (exact) mass is 711 g/mol. The van der Waals surface area contributed by atoms with Crippen molar-refractivity contribution in [1.82, 2.24) is 29.1 Å². The number of carbonyl (C=O) groups excluding carboxylic acids is 3. The number of hydrogen-bond donors (Lipinski definition) is 1. The molecule has 2 aliphatic heterocycles. The molecule has 0 aliphatic carbocycles. The third-order valence-corrected chi connectivity index (χ3v) is 10.7. The molecule has 13 nitrogen and oxygen atoms in total. The van der Waals surface area contributed by atoms with Crippen LogP contribution in [-0.2, 0) is 41.1 Å². The summed E-state index contributed by atoms with van der Waals surface area (Å²) in [5.74, 6) is -1.37. The third kappa shape index (κ3) is 6.28. The van der Waals surface area contributed by atoms with E-state index in [0.717, 1.165) is 21.0 Å². The van der Waals surface area contributed by atoms with Crippen LogP contribution < -0.4 is 10.2 Å². The van der Waals surface area contributed by atoms with E-state index >= 15 is 0 Å². The number of halogens is 2. The molecule has 2 aromatic carbocycles. The van der Waals surface area contributed by atoms with E-state index in [4.69, 9.17) is 27.9 Å². The van der Waals surface area contributed by atoms with Gasteiger partial charge in [-0.25, -0.2) is 28.3 Å². The lowest BCUT2D eigenvalue weighted by molar-refractivity contribution is -0.141. The molecule has 1 fully saturated rings. The second-order valence-corrected chi connectivity index (χ2v) is 14.4. The Labute approximate surface area is 286 Å². The van der Waals surface area contributed by atoms with Gasteiger partial charge < -0.3 is 10.1 Å². The van der Waals surface area contributed by atoms with Crippen LogP contribution in [0.25, 0.3) is 11.1 Å². The van der Waals surface area contributed by atoms with Crippen LogP contribution in [0.1, 0.15) is 32.3 Å². The molecule has 0 spiro atoms. The Morgan fingerprint density at radius 3 is 2.40 bits per heavy atom. The van der Waals surface area contributed by atoms with Crippen molar-refractivity contribution < 1.29 is 27.5 Å². The molecule has 2 atom stereocenters. The maximum Gasteiger partial charge on any atom is 0.302 e.